The molecule has 4 heteroatoms. The fraction of sp³-hybridized carbons (Fsp3) is 0.588. The molecule has 1 heterocycles. The SMILES string of the molecule is CCOc1ccccc1C(=O)NCC[C@@H]1CCO[C@H](C)C1. The largest absolute Gasteiger partial charge is 0.493 e. The van der Waals surface area contributed by atoms with Crippen LogP contribution >= 0.6 is 0 Å². The summed E-state index contributed by atoms with van der Waals surface area (Å²) in [6.07, 6.45) is 3.54. The predicted octanol–water partition coefficient (Wildman–Crippen LogP) is 3.02. The quantitative estimate of drug-likeness (QED) is 0.876. The smallest absolute Gasteiger partial charge is 0.255 e. The van der Waals surface area contributed by atoms with Crippen LogP contribution in [0.2, 0.25) is 0 Å². The minimum atomic E-state index is -0.0563. The Hall–Kier alpha value is -1.55. The Morgan fingerprint density at radius 2 is 2.24 bits per heavy atom. The van der Waals surface area contributed by atoms with Crippen LogP contribution in [-0.4, -0.2) is 31.8 Å². The van der Waals surface area contributed by atoms with Gasteiger partial charge in [-0.05, 0) is 51.2 Å². The standard InChI is InChI=1S/C17H25NO3/c1-3-20-16-7-5-4-6-15(16)17(19)18-10-8-14-9-11-21-13(2)12-14/h4-7,13-14H,3,8-12H2,1-2H3,(H,18,19)/t13-,14-/m1/s1. The highest BCUT2D eigenvalue weighted by Crippen LogP contribution is 2.22. The van der Waals surface area contributed by atoms with Crippen molar-refractivity contribution in [3.05, 3.63) is 29.8 Å². The van der Waals surface area contributed by atoms with Crippen LogP contribution in [-0.2, 0) is 4.74 Å². The van der Waals surface area contributed by atoms with E-state index < -0.39 is 0 Å². The summed E-state index contributed by atoms with van der Waals surface area (Å²) >= 11 is 0. The first kappa shape index (κ1) is 15.8. The molecule has 0 radical (unpaired) electrons. The van der Waals surface area contributed by atoms with Gasteiger partial charge in [-0.2, -0.15) is 0 Å². The lowest BCUT2D eigenvalue weighted by atomic mass is 9.93. The number of rotatable bonds is 6. The maximum absolute atomic E-state index is 12.2. The second kappa shape index (κ2) is 8.03. The van der Waals surface area contributed by atoms with Crippen molar-refractivity contribution in [3.8, 4) is 5.75 Å². The molecule has 1 saturated heterocycles. The number of para-hydroxylation sites is 1. The van der Waals surface area contributed by atoms with Gasteiger partial charge in [0, 0.05) is 13.2 Å². The van der Waals surface area contributed by atoms with Gasteiger partial charge in [-0.1, -0.05) is 12.1 Å². The number of ether oxygens (including phenoxy) is 2. The summed E-state index contributed by atoms with van der Waals surface area (Å²) in [4.78, 5) is 12.2. The molecule has 0 aliphatic carbocycles. The Morgan fingerprint density at radius 3 is 3.00 bits per heavy atom. The molecular formula is C17H25NO3. The van der Waals surface area contributed by atoms with Crippen molar-refractivity contribution in [1.82, 2.24) is 5.32 Å². The zero-order valence-corrected chi connectivity index (χ0v) is 12.9. The van der Waals surface area contributed by atoms with Gasteiger partial charge < -0.3 is 14.8 Å². The highest BCUT2D eigenvalue weighted by molar-refractivity contribution is 5.96. The lowest BCUT2D eigenvalue weighted by molar-refractivity contribution is 0.00109. The molecule has 1 amide bonds. The van der Waals surface area contributed by atoms with Crippen LogP contribution in [0.1, 0.15) is 43.5 Å². The zero-order chi connectivity index (χ0) is 15.1. The van der Waals surface area contributed by atoms with E-state index in [1.807, 2.05) is 25.1 Å². The van der Waals surface area contributed by atoms with Crippen LogP contribution in [0.5, 0.6) is 5.75 Å². The molecule has 2 atom stereocenters. The average molecular weight is 291 g/mol. The van der Waals surface area contributed by atoms with E-state index in [-0.39, 0.29) is 5.91 Å². The molecular weight excluding hydrogens is 266 g/mol. The van der Waals surface area contributed by atoms with Crippen molar-refractivity contribution in [2.75, 3.05) is 19.8 Å². The number of nitrogens with one attached hydrogen (secondary N) is 1. The molecule has 21 heavy (non-hydrogen) atoms. The molecule has 0 aromatic heterocycles. The van der Waals surface area contributed by atoms with Crippen LogP contribution < -0.4 is 10.1 Å². The summed E-state index contributed by atoms with van der Waals surface area (Å²) in [7, 11) is 0. The summed E-state index contributed by atoms with van der Waals surface area (Å²) in [5, 5.41) is 3.00. The van der Waals surface area contributed by atoms with E-state index in [9.17, 15) is 4.79 Å². The highest BCUT2D eigenvalue weighted by atomic mass is 16.5. The van der Waals surface area contributed by atoms with Gasteiger partial charge in [0.05, 0.1) is 18.3 Å². The number of hydrogen-bond donors (Lipinski definition) is 1. The molecule has 1 aliphatic rings. The monoisotopic (exact) mass is 291 g/mol. The third-order valence-electron chi connectivity index (χ3n) is 3.86. The fourth-order valence-corrected chi connectivity index (χ4v) is 2.77. The van der Waals surface area contributed by atoms with Gasteiger partial charge in [-0.15, -0.1) is 0 Å². The third-order valence-corrected chi connectivity index (χ3v) is 3.86. The first-order valence-electron chi connectivity index (χ1n) is 7.82. The Balaban J connectivity index is 1.81. The molecule has 1 fully saturated rings. The summed E-state index contributed by atoms with van der Waals surface area (Å²) < 4.78 is 11.0. The van der Waals surface area contributed by atoms with Crippen LogP contribution in [0.4, 0.5) is 0 Å². The fourth-order valence-electron chi connectivity index (χ4n) is 2.77. The third kappa shape index (κ3) is 4.74. The second-order valence-electron chi connectivity index (χ2n) is 5.55. The molecule has 1 N–H and O–H groups in total. The van der Waals surface area contributed by atoms with Crippen LogP contribution in [0.3, 0.4) is 0 Å². The van der Waals surface area contributed by atoms with Gasteiger partial charge in [0.25, 0.3) is 5.91 Å². The first-order valence-corrected chi connectivity index (χ1v) is 7.82. The van der Waals surface area contributed by atoms with E-state index in [2.05, 4.69) is 12.2 Å². The van der Waals surface area contributed by atoms with Gasteiger partial charge in [0.2, 0.25) is 0 Å². The van der Waals surface area contributed by atoms with E-state index in [0.717, 1.165) is 25.9 Å². The van der Waals surface area contributed by atoms with E-state index in [4.69, 9.17) is 9.47 Å². The van der Waals surface area contributed by atoms with Crippen molar-refractivity contribution < 1.29 is 14.3 Å². The van der Waals surface area contributed by atoms with Crippen LogP contribution in [0.25, 0.3) is 0 Å². The molecule has 116 valence electrons. The summed E-state index contributed by atoms with van der Waals surface area (Å²) in [6, 6.07) is 7.37. The van der Waals surface area contributed by atoms with Crippen LogP contribution in [0, 0.1) is 5.92 Å². The van der Waals surface area contributed by atoms with Crippen LogP contribution in [0.15, 0.2) is 24.3 Å². The van der Waals surface area contributed by atoms with E-state index in [0.29, 0.717) is 36.5 Å². The van der Waals surface area contributed by atoms with Crippen molar-refractivity contribution in [2.24, 2.45) is 5.92 Å². The Morgan fingerprint density at radius 1 is 1.43 bits per heavy atom. The lowest BCUT2D eigenvalue weighted by Crippen LogP contribution is -2.29. The van der Waals surface area contributed by atoms with Gasteiger partial charge in [0.1, 0.15) is 5.75 Å². The summed E-state index contributed by atoms with van der Waals surface area (Å²) in [6.45, 7) is 6.14. The Labute approximate surface area is 126 Å². The molecule has 1 aromatic carbocycles. The lowest BCUT2D eigenvalue weighted by Gasteiger charge is -2.27. The molecule has 4 nitrogen and oxygen atoms in total. The normalized spacial score (nSPS) is 21.8. The molecule has 0 bridgehead atoms. The second-order valence-corrected chi connectivity index (χ2v) is 5.55. The van der Waals surface area contributed by atoms with Crippen molar-refractivity contribution in [3.63, 3.8) is 0 Å². The summed E-state index contributed by atoms with van der Waals surface area (Å²) in [5.74, 6) is 1.24. The average Bonchev–Trinajstić information content (AvgIpc) is 2.48. The molecule has 1 aliphatic heterocycles. The van der Waals surface area contributed by atoms with Crippen molar-refractivity contribution >= 4 is 5.91 Å². The minimum absolute atomic E-state index is 0.0563. The predicted molar refractivity (Wildman–Crippen MR) is 82.7 cm³/mol. The van der Waals surface area contributed by atoms with E-state index in [1.165, 1.54) is 0 Å². The van der Waals surface area contributed by atoms with Crippen molar-refractivity contribution in [1.29, 1.82) is 0 Å². The molecule has 0 spiro atoms. The molecule has 0 saturated carbocycles. The Bertz CT molecular complexity index is 461. The highest BCUT2D eigenvalue weighted by Gasteiger charge is 2.19. The van der Waals surface area contributed by atoms with Crippen molar-refractivity contribution in [2.45, 2.75) is 39.2 Å². The van der Waals surface area contributed by atoms with E-state index in [1.54, 1.807) is 6.07 Å². The number of amides is 1. The van der Waals surface area contributed by atoms with Gasteiger partial charge in [-0.3, -0.25) is 4.79 Å². The zero-order valence-electron chi connectivity index (χ0n) is 12.9. The van der Waals surface area contributed by atoms with Gasteiger partial charge in [-0.25, -0.2) is 0 Å². The topological polar surface area (TPSA) is 47.6 Å². The van der Waals surface area contributed by atoms with Gasteiger partial charge >= 0.3 is 0 Å². The number of benzene rings is 1. The Kier molecular flexibility index (Phi) is 6.05. The maximum Gasteiger partial charge on any atom is 0.255 e. The molecule has 0 unspecified atom stereocenters. The summed E-state index contributed by atoms with van der Waals surface area (Å²) in [5.41, 5.74) is 0.611. The van der Waals surface area contributed by atoms with E-state index >= 15 is 0 Å². The first-order chi connectivity index (χ1) is 10.2. The maximum atomic E-state index is 12.2. The number of carbonyl (C=O) groups is 1. The molecule has 1 aromatic rings. The minimum Gasteiger partial charge on any atom is -0.493 e. The number of carbonyl (C=O) groups excluding carboxylic acids is 1. The molecule has 2 rings (SSSR count). The number of hydrogen-bond acceptors (Lipinski definition) is 3. The van der Waals surface area contributed by atoms with Gasteiger partial charge in [0.15, 0.2) is 0 Å².